The van der Waals surface area contributed by atoms with E-state index in [1.54, 1.807) is 0 Å². The molecular weight excluding hydrogens is 144 g/mol. The summed E-state index contributed by atoms with van der Waals surface area (Å²) in [4.78, 5) is 1.47. The zero-order valence-electron chi connectivity index (χ0n) is 6.42. The zero-order chi connectivity index (χ0) is 7.56. The van der Waals surface area contributed by atoms with Crippen molar-refractivity contribution in [2.45, 2.75) is 12.8 Å². The molecule has 0 amide bonds. The van der Waals surface area contributed by atoms with Crippen molar-refractivity contribution in [3.05, 3.63) is 22.8 Å². The first-order chi connectivity index (χ1) is 4.70. The minimum Gasteiger partial charge on any atom is -0.512 e. The Morgan fingerprint density at radius 1 is 1.30 bits per heavy atom. The van der Waals surface area contributed by atoms with Gasteiger partial charge in [0, 0.05) is 23.7 Å². The molecule has 0 saturated heterocycles. The van der Waals surface area contributed by atoms with Gasteiger partial charge >= 0.3 is 0 Å². The van der Waals surface area contributed by atoms with Gasteiger partial charge in [-0.1, -0.05) is 0 Å². The van der Waals surface area contributed by atoms with Crippen molar-refractivity contribution in [1.29, 1.82) is 0 Å². The molecular formula is C8H13OS+. The first kappa shape index (κ1) is 7.73. The molecule has 0 aromatic carbocycles. The second-order valence-electron chi connectivity index (χ2n) is 2.61. The van der Waals surface area contributed by atoms with Crippen molar-refractivity contribution in [2.24, 2.45) is 0 Å². The predicted molar refractivity (Wildman–Crippen MR) is 47.2 cm³/mol. The van der Waals surface area contributed by atoms with Crippen molar-refractivity contribution in [3.63, 3.8) is 0 Å². The molecule has 1 N–H and O–H groups in total. The van der Waals surface area contributed by atoms with Crippen molar-refractivity contribution >= 4 is 10.9 Å². The average Bonchev–Trinajstić information content (AvgIpc) is 1.88. The average molecular weight is 157 g/mol. The lowest BCUT2D eigenvalue weighted by Gasteiger charge is -2.06. The van der Waals surface area contributed by atoms with E-state index in [4.69, 9.17) is 5.11 Å². The summed E-state index contributed by atoms with van der Waals surface area (Å²) in [5, 5.41) is 9.03. The summed E-state index contributed by atoms with van der Waals surface area (Å²) in [6.07, 6.45) is 10.1. The quantitative estimate of drug-likeness (QED) is 0.577. The third-order valence-corrected chi connectivity index (χ3v) is 3.00. The molecule has 0 heterocycles. The highest BCUT2D eigenvalue weighted by Crippen LogP contribution is 2.20. The van der Waals surface area contributed by atoms with E-state index in [0.29, 0.717) is 16.7 Å². The third kappa shape index (κ3) is 1.81. The van der Waals surface area contributed by atoms with Crippen LogP contribution in [-0.4, -0.2) is 17.6 Å². The number of aliphatic hydroxyl groups is 1. The van der Waals surface area contributed by atoms with Crippen LogP contribution in [0.15, 0.2) is 22.8 Å². The molecule has 0 spiro atoms. The molecule has 0 aliphatic heterocycles. The lowest BCUT2D eigenvalue weighted by molar-refractivity contribution is 0.387. The van der Waals surface area contributed by atoms with Crippen molar-refractivity contribution in [1.82, 2.24) is 0 Å². The number of aliphatic hydroxyl groups excluding tert-OH is 1. The minimum absolute atomic E-state index is 0.388. The first-order valence-corrected chi connectivity index (χ1v) is 5.40. The monoisotopic (exact) mass is 157 g/mol. The normalized spacial score (nSPS) is 18.7. The maximum Gasteiger partial charge on any atom is 0.131 e. The molecule has 1 rings (SSSR count). The van der Waals surface area contributed by atoms with E-state index in [9.17, 15) is 0 Å². The summed E-state index contributed by atoms with van der Waals surface area (Å²) < 4.78 is 0. The van der Waals surface area contributed by atoms with Gasteiger partial charge in [0.2, 0.25) is 0 Å². The van der Waals surface area contributed by atoms with E-state index in [-0.39, 0.29) is 0 Å². The standard InChI is InChI=1S/C8H12OS/c1-10(2)8-5-3-7(9)4-6-8/h3,5H,4,6H2,1-2H3/p+1. The minimum atomic E-state index is 0.388. The molecule has 0 atom stereocenters. The van der Waals surface area contributed by atoms with E-state index in [1.165, 1.54) is 4.91 Å². The van der Waals surface area contributed by atoms with Crippen LogP contribution in [0, 0.1) is 0 Å². The second kappa shape index (κ2) is 3.15. The molecule has 0 aromatic rings. The summed E-state index contributed by atoms with van der Waals surface area (Å²) in [5.74, 6) is 0.522. The van der Waals surface area contributed by atoms with Gasteiger partial charge in [-0.2, -0.15) is 0 Å². The van der Waals surface area contributed by atoms with Gasteiger partial charge in [0.25, 0.3) is 0 Å². The molecule has 0 saturated carbocycles. The smallest absolute Gasteiger partial charge is 0.131 e. The summed E-state index contributed by atoms with van der Waals surface area (Å²) in [7, 11) is 0.388. The van der Waals surface area contributed by atoms with Crippen LogP contribution in [0.3, 0.4) is 0 Å². The number of hydrogen-bond acceptors (Lipinski definition) is 1. The summed E-state index contributed by atoms with van der Waals surface area (Å²) in [6.45, 7) is 0. The second-order valence-corrected chi connectivity index (χ2v) is 4.76. The fourth-order valence-corrected chi connectivity index (χ4v) is 1.80. The van der Waals surface area contributed by atoms with E-state index >= 15 is 0 Å². The number of allylic oxidation sites excluding steroid dienone is 4. The van der Waals surface area contributed by atoms with E-state index in [1.807, 2.05) is 12.2 Å². The largest absolute Gasteiger partial charge is 0.512 e. The Kier molecular flexibility index (Phi) is 2.44. The number of hydrogen-bond donors (Lipinski definition) is 1. The zero-order valence-corrected chi connectivity index (χ0v) is 7.24. The maximum absolute atomic E-state index is 9.03. The first-order valence-electron chi connectivity index (χ1n) is 3.36. The summed E-state index contributed by atoms with van der Waals surface area (Å²) in [5.41, 5.74) is 0. The maximum atomic E-state index is 9.03. The lowest BCUT2D eigenvalue weighted by atomic mass is 10.2. The Balaban J connectivity index is 2.64. The van der Waals surface area contributed by atoms with Crippen molar-refractivity contribution in [2.75, 3.05) is 12.5 Å². The van der Waals surface area contributed by atoms with Crippen LogP contribution in [0.4, 0.5) is 0 Å². The predicted octanol–water partition coefficient (Wildman–Crippen LogP) is 1.98. The van der Waals surface area contributed by atoms with Crippen molar-refractivity contribution in [3.8, 4) is 0 Å². The molecule has 0 bridgehead atoms. The fourth-order valence-electron chi connectivity index (χ4n) is 0.947. The molecule has 2 heteroatoms. The number of rotatable bonds is 1. The van der Waals surface area contributed by atoms with Crippen LogP contribution < -0.4 is 0 Å². The third-order valence-electron chi connectivity index (χ3n) is 1.61. The molecule has 56 valence electrons. The molecule has 0 aromatic heterocycles. The van der Waals surface area contributed by atoms with Crippen LogP contribution in [0.5, 0.6) is 0 Å². The van der Waals surface area contributed by atoms with Gasteiger partial charge in [0.05, 0.1) is 5.76 Å². The van der Waals surface area contributed by atoms with E-state index in [0.717, 1.165) is 12.8 Å². The van der Waals surface area contributed by atoms with Crippen LogP contribution >= 0.6 is 0 Å². The van der Waals surface area contributed by atoms with Crippen LogP contribution in [0.2, 0.25) is 0 Å². The lowest BCUT2D eigenvalue weighted by Crippen LogP contribution is -2.02. The summed E-state index contributed by atoms with van der Waals surface area (Å²) >= 11 is 0. The van der Waals surface area contributed by atoms with Crippen LogP contribution in [0.25, 0.3) is 0 Å². The Morgan fingerprint density at radius 3 is 2.40 bits per heavy atom. The summed E-state index contributed by atoms with van der Waals surface area (Å²) in [6, 6.07) is 0. The molecule has 10 heavy (non-hydrogen) atoms. The molecule has 0 unspecified atom stereocenters. The Hall–Kier alpha value is -0.370. The van der Waals surface area contributed by atoms with Gasteiger partial charge in [-0.05, 0) is 12.2 Å². The van der Waals surface area contributed by atoms with Gasteiger partial charge in [-0.3, -0.25) is 0 Å². The Morgan fingerprint density at radius 2 is 2.00 bits per heavy atom. The highest BCUT2D eigenvalue weighted by atomic mass is 32.2. The van der Waals surface area contributed by atoms with E-state index < -0.39 is 0 Å². The molecule has 0 radical (unpaired) electrons. The van der Waals surface area contributed by atoms with Gasteiger partial charge in [0.15, 0.2) is 0 Å². The van der Waals surface area contributed by atoms with E-state index in [2.05, 4.69) is 12.5 Å². The SMILES string of the molecule is C[S+](C)C1=CC=C(O)CC1. The van der Waals surface area contributed by atoms with Crippen LogP contribution in [-0.2, 0) is 10.9 Å². The van der Waals surface area contributed by atoms with Crippen molar-refractivity contribution < 1.29 is 5.11 Å². The molecule has 0 fully saturated rings. The topological polar surface area (TPSA) is 20.2 Å². The molecule has 1 aliphatic rings. The Bertz CT molecular complexity index is 180. The van der Waals surface area contributed by atoms with Gasteiger partial charge in [-0.15, -0.1) is 0 Å². The van der Waals surface area contributed by atoms with Gasteiger partial charge in [-0.25, -0.2) is 0 Å². The Labute approximate surface area is 64.8 Å². The van der Waals surface area contributed by atoms with Gasteiger partial charge < -0.3 is 5.11 Å². The van der Waals surface area contributed by atoms with Gasteiger partial charge in [0.1, 0.15) is 17.4 Å². The molecule has 1 aliphatic carbocycles. The highest BCUT2D eigenvalue weighted by molar-refractivity contribution is 7.99. The highest BCUT2D eigenvalue weighted by Gasteiger charge is 2.15. The fraction of sp³-hybridized carbons (Fsp3) is 0.500. The van der Waals surface area contributed by atoms with Crippen LogP contribution in [0.1, 0.15) is 12.8 Å². The molecule has 1 nitrogen and oxygen atoms in total.